The summed E-state index contributed by atoms with van der Waals surface area (Å²) in [5.41, 5.74) is 3.69. The maximum atomic E-state index is 11.3. The van der Waals surface area contributed by atoms with E-state index in [0.717, 1.165) is 6.42 Å². The van der Waals surface area contributed by atoms with E-state index in [2.05, 4.69) is 37.4 Å². The predicted octanol–water partition coefficient (Wildman–Crippen LogP) is 1.48. The van der Waals surface area contributed by atoms with Gasteiger partial charge in [-0.15, -0.1) is 0 Å². The molecule has 0 bridgehead atoms. The monoisotopic (exact) mass is 255 g/mol. The van der Waals surface area contributed by atoms with Gasteiger partial charge in [-0.25, -0.2) is 8.42 Å². The average Bonchev–Trinajstić information content (AvgIpc) is 2.20. The molecule has 4 heteroatoms. The first kappa shape index (κ1) is 14.2. The number of likely N-dealkylation sites (N-methyl/N-ethyl adjacent to an activating group) is 1. The highest BCUT2D eigenvalue weighted by Gasteiger charge is 2.14. The normalized spacial score (nSPS) is 13.6. The third-order valence-electron chi connectivity index (χ3n) is 2.97. The largest absolute Gasteiger partial charge is 0.316 e. The number of sulfone groups is 1. The lowest BCUT2D eigenvalue weighted by atomic mass is 10.0. The Kier molecular flexibility index (Phi) is 4.71. The molecule has 3 nitrogen and oxygen atoms in total. The lowest BCUT2D eigenvalue weighted by molar-refractivity contribution is 0.567. The van der Waals surface area contributed by atoms with Crippen molar-refractivity contribution >= 4 is 9.84 Å². The van der Waals surface area contributed by atoms with Gasteiger partial charge in [0.1, 0.15) is 9.84 Å². The molecule has 1 aromatic rings. The summed E-state index contributed by atoms with van der Waals surface area (Å²) in [5.74, 6) is 0.177. The molecule has 0 heterocycles. The van der Waals surface area contributed by atoms with Crippen LogP contribution in [0.15, 0.2) is 18.2 Å². The van der Waals surface area contributed by atoms with Gasteiger partial charge >= 0.3 is 0 Å². The van der Waals surface area contributed by atoms with Gasteiger partial charge in [0.15, 0.2) is 0 Å². The van der Waals surface area contributed by atoms with Crippen LogP contribution in [0.2, 0.25) is 0 Å². The predicted molar refractivity (Wildman–Crippen MR) is 72.2 cm³/mol. The van der Waals surface area contributed by atoms with Crippen LogP contribution < -0.4 is 5.32 Å². The van der Waals surface area contributed by atoms with E-state index < -0.39 is 9.84 Å². The van der Waals surface area contributed by atoms with Crippen molar-refractivity contribution in [1.82, 2.24) is 5.32 Å². The van der Waals surface area contributed by atoms with Crippen molar-refractivity contribution in [2.45, 2.75) is 26.3 Å². The van der Waals surface area contributed by atoms with E-state index in [9.17, 15) is 8.42 Å². The molecule has 0 fully saturated rings. The van der Waals surface area contributed by atoms with Gasteiger partial charge in [0, 0.05) is 12.3 Å². The van der Waals surface area contributed by atoms with Gasteiger partial charge in [-0.1, -0.05) is 18.2 Å². The molecule has 0 aliphatic rings. The van der Waals surface area contributed by atoms with Gasteiger partial charge in [0.25, 0.3) is 0 Å². The number of hydrogen-bond donors (Lipinski definition) is 1. The van der Waals surface area contributed by atoms with Crippen LogP contribution >= 0.6 is 0 Å². The van der Waals surface area contributed by atoms with Crippen LogP contribution in [-0.2, 0) is 16.3 Å². The smallest absolute Gasteiger partial charge is 0.148 e. The summed E-state index contributed by atoms with van der Waals surface area (Å²) in [7, 11) is -1.13. The molecule has 0 aliphatic carbocycles. The number of nitrogens with one attached hydrogen (secondary N) is 1. The third kappa shape index (κ3) is 4.88. The summed E-state index contributed by atoms with van der Waals surface area (Å²) in [4.78, 5) is 0. The maximum Gasteiger partial charge on any atom is 0.148 e. The summed E-state index contributed by atoms with van der Waals surface area (Å²) in [6.45, 7) is 4.15. The van der Waals surface area contributed by atoms with Crippen molar-refractivity contribution in [1.29, 1.82) is 0 Å². The zero-order valence-corrected chi connectivity index (χ0v) is 11.8. The van der Waals surface area contributed by atoms with Crippen LogP contribution in [-0.4, -0.2) is 33.5 Å². The Labute approximate surface area is 104 Å². The molecular weight excluding hydrogens is 234 g/mol. The Morgan fingerprint density at radius 1 is 1.24 bits per heavy atom. The molecule has 1 atom stereocenters. The summed E-state index contributed by atoms with van der Waals surface area (Å²) in [6.07, 6.45) is 2.02. The minimum absolute atomic E-state index is 0.0212. The molecular formula is C13H21NO2S. The second-order valence-corrected chi connectivity index (χ2v) is 6.89. The lowest BCUT2D eigenvalue weighted by Crippen LogP contribution is -2.34. The second-order valence-electron chi connectivity index (χ2n) is 4.70. The van der Waals surface area contributed by atoms with Gasteiger partial charge in [-0.3, -0.25) is 0 Å². The Hall–Kier alpha value is -0.870. The lowest BCUT2D eigenvalue weighted by Gasteiger charge is -2.15. The van der Waals surface area contributed by atoms with E-state index in [0.29, 0.717) is 0 Å². The van der Waals surface area contributed by atoms with Crippen molar-refractivity contribution in [3.8, 4) is 0 Å². The van der Waals surface area contributed by atoms with E-state index in [1.807, 2.05) is 0 Å². The van der Waals surface area contributed by atoms with Crippen LogP contribution in [0.5, 0.6) is 0 Å². The minimum atomic E-state index is -2.94. The van der Waals surface area contributed by atoms with E-state index in [1.165, 1.54) is 22.9 Å². The molecule has 0 aromatic heterocycles. The van der Waals surface area contributed by atoms with Crippen LogP contribution in [0.25, 0.3) is 0 Å². The van der Waals surface area contributed by atoms with E-state index >= 15 is 0 Å². The Bertz CT molecular complexity index is 480. The zero-order valence-electron chi connectivity index (χ0n) is 10.9. The summed E-state index contributed by atoms with van der Waals surface area (Å²) in [5, 5.41) is 3.06. The molecule has 1 N–H and O–H groups in total. The fourth-order valence-corrected chi connectivity index (χ4v) is 2.84. The van der Waals surface area contributed by atoms with E-state index in [-0.39, 0.29) is 11.8 Å². The third-order valence-corrected chi connectivity index (χ3v) is 3.97. The number of aryl methyl sites for hydroxylation is 2. The zero-order chi connectivity index (χ0) is 13.1. The fraction of sp³-hybridized carbons (Fsp3) is 0.538. The topological polar surface area (TPSA) is 46.2 Å². The fourth-order valence-electron chi connectivity index (χ4n) is 1.82. The molecule has 17 heavy (non-hydrogen) atoms. The van der Waals surface area contributed by atoms with Crippen molar-refractivity contribution in [3.05, 3.63) is 34.9 Å². The minimum Gasteiger partial charge on any atom is -0.316 e. The molecule has 0 spiro atoms. The van der Waals surface area contributed by atoms with Crippen LogP contribution in [0.4, 0.5) is 0 Å². The second kappa shape index (κ2) is 5.65. The van der Waals surface area contributed by atoms with E-state index in [4.69, 9.17) is 0 Å². The highest BCUT2D eigenvalue weighted by molar-refractivity contribution is 7.90. The maximum absolute atomic E-state index is 11.3. The van der Waals surface area contributed by atoms with Crippen LogP contribution in [0.1, 0.15) is 16.7 Å². The SMILES string of the molecule is CNC(Cc1ccc(C)c(C)c1)CS(C)(=O)=O. The molecule has 0 saturated heterocycles. The van der Waals surface area contributed by atoms with E-state index in [1.54, 1.807) is 7.05 Å². The summed E-state index contributed by atoms with van der Waals surface area (Å²) in [6, 6.07) is 6.25. The molecule has 1 aromatic carbocycles. The Morgan fingerprint density at radius 3 is 2.35 bits per heavy atom. The van der Waals surface area contributed by atoms with Crippen molar-refractivity contribution < 1.29 is 8.42 Å². The molecule has 0 amide bonds. The first-order chi connectivity index (χ1) is 7.81. The Balaban J connectivity index is 2.77. The van der Waals surface area contributed by atoms with Crippen LogP contribution in [0.3, 0.4) is 0 Å². The first-order valence-electron chi connectivity index (χ1n) is 5.73. The molecule has 1 rings (SSSR count). The van der Waals surface area contributed by atoms with Gasteiger partial charge < -0.3 is 5.32 Å². The average molecular weight is 255 g/mol. The van der Waals surface area contributed by atoms with Gasteiger partial charge in [-0.2, -0.15) is 0 Å². The molecule has 96 valence electrons. The van der Waals surface area contributed by atoms with Crippen LogP contribution in [0, 0.1) is 13.8 Å². The molecule has 0 radical (unpaired) electrons. The molecule has 1 unspecified atom stereocenters. The first-order valence-corrected chi connectivity index (χ1v) is 7.79. The van der Waals surface area contributed by atoms with Crippen molar-refractivity contribution in [3.63, 3.8) is 0 Å². The van der Waals surface area contributed by atoms with Crippen molar-refractivity contribution in [2.24, 2.45) is 0 Å². The number of hydrogen-bond acceptors (Lipinski definition) is 3. The summed E-state index contributed by atoms with van der Waals surface area (Å²) < 4.78 is 22.5. The molecule has 0 aliphatic heterocycles. The van der Waals surface area contributed by atoms with Gasteiger partial charge in [0.05, 0.1) is 5.75 Å². The van der Waals surface area contributed by atoms with Crippen molar-refractivity contribution in [2.75, 3.05) is 19.1 Å². The Morgan fingerprint density at radius 2 is 1.88 bits per heavy atom. The number of rotatable bonds is 5. The highest BCUT2D eigenvalue weighted by Crippen LogP contribution is 2.12. The van der Waals surface area contributed by atoms with Gasteiger partial charge in [0.2, 0.25) is 0 Å². The summed E-state index contributed by atoms with van der Waals surface area (Å²) >= 11 is 0. The number of benzene rings is 1. The molecule has 0 saturated carbocycles. The highest BCUT2D eigenvalue weighted by atomic mass is 32.2. The standard InChI is InChI=1S/C13H21NO2S/c1-10-5-6-12(7-11(10)2)8-13(14-3)9-17(4,15)16/h5-7,13-14H,8-9H2,1-4H3. The van der Waals surface area contributed by atoms with Gasteiger partial charge in [-0.05, 0) is 44.0 Å². The quantitative estimate of drug-likeness (QED) is 0.867.